The van der Waals surface area contributed by atoms with E-state index in [1.165, 1.54) is 12.0 Å². The molecule has 0 saturated heterocycles. The Morgan fingerprint density at radius 2 is 2.06 bits per heavy atom. The lowest BCUT2D eigenvalue weighted by Gasteiger charge is -2.42. The molecule has 0 aromatic carbocycles. The Morgan fingerprint density at radius 1 is 1.31 bits per heavy atom. The molecule has 0 radical (unpaired) electrons. The summed E-state index contributed by atoms with van der Waals surface area (Å²) >= 11 is 0. The molecule has 16 heavy (non-hydrogen) atoms. The van der Waals surface area contributed by atoms with Crippen LogP contribution >= 0.6 is 0 Å². The van der Waals surface area contributed by atoms with Gasteiger partial charge in [-0.05, 0) is 24.3 Å². The van der Waals surface area contributed by atoms with Crippen molar-refractivity contribution in [2.45, 2.75) is 33.1 Å². The van der Waals surface area contributed by atoms with Crippen LogP contribution in [-0.2, 0) is 0 Å². The highest BCUT2D eigenvalue weighted by atomic mass is 14.5. The van der Waals surface area contributed by atoms with E-state index in [0.29, 0.717) is 5.57 Å². The van der Waals surface area contributed by atoms with E-state index in [0.717, 1.165) is 12.8 Å². The summed E-state index contributed by atoms with van der Waals surface area (Å²) in [6, 6.07) is 4.47. The number of nitriles is 2. The molecule has 2 aliphatic carbocycles. The third-order valence-corrected chi connectivity index (χ3v) is 3.95. The van der Waals surface area contributed by atoms with Crippen molar-refractivity contribution in [3.05, 3.63) is 23.3 Å². The van der Waals surface area contributed by atoms with Gasteiger partial charge in [0.1, 0.15) is 0 Å². The quantitative estimate of drug-likeness (QED) is 0.618. The van der Waals surface area contributed by atoms with E-state index in [4.69, 9.17) is 5.26 Å². The summed E-state index contributed by atoms with van der Waals surface area (Å²) in [7, 11) is 0. The molecule has 2 atom stereocenters. The second kappa shape index (κ2) is 3.80. The van der Waals surface area contributed by atoms with E-state index in [9.17, 15) is 5.26 Å². The Balaban J connectivity index is 2.45. The summed E-state index contributed by atoms with van der Waals surface area (Å²) in [5, 5.41) is 18.2. The summed E-state index contributed by atoms with van der Waals surface area (Å²) in [6.45, 7) is 4.48. The van der Waals surface area contributed by atoms with Gasteiger partial charge in [-0.1, -0.05) is 31.9 Å². The summed E-state index contributed by atoms with van der Waals surface area (Å²) in [6.07, 6.45) is 7.31. The minimum Gasteiger partial charge on any atom is -0.198 e. The Kier molecular flexibility index (Phi) is 2.60. The number of nitrogens with zero attached hydrogens (tertiary/aromatic N) is 2. The van der Waals surface area contributed by atoms with Gasteiger partial charge in [-0.3, -0.25) is 0 Å². The Bertz CT molecular complexity index is 440. The van der Waals surface area contributed by atoms with Crippen molar-refractivity contribution in [2.24, 2.45) is 17.3 Å². The van der Waals surface area contributed by atoms with Gasteiger partial charge in [-0.2, -0.15) is 10.5 Å². The smallest absolute Gasteiger partial charge is 0.0961 e. The van der Waals surface area contributed by atoms with Gasteiger partial charge in [0.15, 0.2) is 0 Å². The van der Waals surface area contributed by atoms with Gasteiger partial charge in [0.25, 0.3) is 0 Å². The molecular formula is C14H16N2. The average molecular weight is 212 g/mol. The summed E-state index contributed by atoms with van der Waals surface area (Å²) in [4.78, 5) is 0. The number of hydrogen-bond donors (Lipinski definition) is 0. The van der Waals surface area contributed by atoms with Gasteiger partial charge in [0, 0.05) is 11.5 Å². The lowest BCUT2D eigenvalue weighted by Crippen LogP contribution is -2.32. The number of hydrogen-bond acceptors (Lipinski definition) is 2. The van der Waals surface area contributed by atoms with Gasteiger partial charge in [0.05, 0.1) is 18.1 Å². The van der Waals surface area contributed by atoms with E-state index in [2.05, 4.69) is 32.1 Å². The van der Waals surface area contributed by atoms with Gasteiger partial charge in [-0.25, -0.2) is 0 Å². The first kappa shape index (κ1) is 11.0. The maximum atomic E-state index is 9.23. The number of fused-ring (bicyclic) bond motifs is 1. The Morgan fingerprint density at radius 3 is 2.69 bits per heavy atom. The maximum Gasteiger partial charge on any atom is 0.0961 e. The standard InChI is InChI=1S/C14H16N2/c1-14(2)7-3-4-11-12(9-16)10(8-15)5-6-13(11)14/h5-6,11-12H,3-4,7H2,1-2H3/t11-,12-/m1/s1. The Hall–Kier alpha value is -1.54. The SMILES string of the molecule is CC1(C)CCC[C@H]2C1=CC=C(C#N)[C@H]2C#N. The monoisotopic (exact) mass is 212 g/mol. The van der Waals surface area contributed by atoms with Gasteiger partial charge in [-0.15, -0.1) is 0 Å². The highest BCUT2D eigenvalue weighted by Gasteiger charge is 2.40. The molecule has 1 saturated carbocycles. The lowest BCUT2D eigenvalue weighted by atomic mass is 9.61. The molecule has 0 heterocycles. The van der Waals surface area contributed by atoms with Crippen LogP contribution in [-0.4, -0.2) is 0 Å². The van der Waals surface area contributed by atoms with Crippen molar-refractivity contribution in [2.75, 3.05) is 0 Å². The molecular weight excluding hydrogens is 196 g/mol. The molecule has 2 rings (SSSR count). The summed E-state index contributed by atoms with van der Waals surface area (Å²) in [5.41, 5.74) is 2.19. The van der Waals surface area contributed by atoms with Crippen molar-refractivity contribution in [3.63, 3.8) is 0 Å². The van der Waals surface area contributed by atoms with Gasteiger partial charge >= 0.3 is 0 Å². The van der Waals surface area contributed by atoms with Crippen LogP contribution in [0.2, 0.25) is 0 Å². The van der Waals surface area contributed by atoms with Gasteiger partial charge in [0.2, 0.25) is 0 Å². The van der Waals surface area contributed by atoms with Crippen LogP contribution in [0.1, 0.15) is 33.1 Å². The molecule has 1 fully saturated rings. The minimum absolute atomic E-state index is 0.190. The van der Waals surface area contributed by atoms with Crippen LogP contribution < -0.4 is 0 Å². The second-order valence-corrected chi connectivity index (χ2v) is 5.35. The number of rotatable bonds is 0. The van der Waals surface area contributed by atoms with Crippen LogP contribution in [0.3, 0.4) is 0 Å². The van der Waals surface area contributed by atoms with E-state index < -0.39 is 0 Å². The van der Waals surface area contributed by atoms with Crippen molar-refractivity contribution in [1.29, 1.82) is 10.5 Å². The predicted molar refractivity (Wildman–Crippen MR) is 62.0 cm³/mol. The van der Waals surface area contributed by atoms with Crippen LogP contribution in [0.5, 0.6) is 0 Å². The summed E-state index contributed by atoms with van der Waals surface area (Å²) < 4.78 is 0. The van der Waals surface area contributed by atoms with Crippen molar-refractivity contribution in [1.82, 2.24) is 0 Å². The molecule has 2 aliphatic rings. The zero-order chi connectivity index (χ0) is 11.8. The van der Waals surface area contributed by atoms with Crippen LogP contribution in [0.15, 0.2) is 23.3 Å². The molecule has 0 unspecified atom stereocenters. The predicted octanol–water partition coefficient (Wildman–Crippen LogP) is 3.34. The molecule has 0 aromatic rings. The van der Waals surface area contributed by atoms with Gasteiger partial charge < -0.3 is 0 Å². The highest BCUT2D eigenvalue weighted by molar-refractivity contribution is 5.42. The topological polar surface area (TPSA) is 47.6 Å². The van der Waals surface area contributed by atoms with E-state index in [1.807, 2.05) is 6.08 Å². The fraction of sp³-hybridized carbons (Fsp3) is 0.571. The van der Waals surface area contributed by atoms with E-state index in [-0.39, 0.29) is 17.3 Å². The Labute approximate surface area is 96.9 Å². The average Bonchev–Trinajstić information content (AvgIpc) is 2.27. The maximum absolute atomic E-state index is 9.23. The molecule has 0 aliphatic heterocycles. The normalized spacial score (nSPS) is 31.5. The fourth-order valence-corrected chi connectivity index (χ4v) is 3.03. The molecule has 2 nitrogen and oxygen atoms in total. The van der Waals surface area contributed by atoms with E-state index >= 15 is 0 Å². The molecule has 0 bridgehead atoms. The first-order valence-electron chi connectivity index (χ1n) is 5.82. The zero-order valence-corrected chi connectivity index (χ0v) is 9.83. The molecule has 82 valence electrons. The minimum atomic E-state index is -0.218. The van der Waals surface area contributed by atoms with Crippen molar-refractivity contribution < 1.29 is 0 Å². The highest BCUT2D eigenvalue weighted by Crippen LogP contribution is 2.49. The molecule has 0 spiro atoms. The van der Waals surface area contributed by atoms with Crippen LogP contribution in [0.25, 0.3) is 0 Å². The lowest BCUT2D eigenvalue weighted by molar-refractivity contribution is 0.257. The fourth-order valence-electron chi connectivity index (χ4n) is 3.03. The van der Waals surface area contributed by atoms with Crippen LogP contribution in [0, 0.1) is 39.9 Å². The molecule has 0 amide bonds. The van der Waals surface area contributed by atoms with Crippen LogP contribution in [0.4, 0.5) is 0 Å². The second-order valence-electron chi connectivity index (χ2n) is 5.35. The first-order valence-corrected chi connectivity index (χ1v) is 5.82. The van der Waals surface area contributed by atoms with Crippen molar-refractivity contribution >= 4 is 0 Å². The molecule has 0 N–H and O–H groups in total. The third kappa shape index (κ3) is 1.55. The van der Waals surface area contributed by atoms with E-state index in [1.54, 1.807) is 0 Å². The third-order valence-electron chi connectivity index (χ3n) is 3.95. The largest absolute Gasteiger partial charge is 0.198 e. The molecule has 2 heteroatoms. The zero-order valence-electron chi connectivity index (χ0n) is 9.83. The summed E-state index contributed by atoms with van der Waals surface area (Å²) in [5.74, 6) is 0.0537. The first-order chi connectivity index (χ1) is 7.60. The molecule has 0 aromatic heterocycles. The van der Waals surface area contributed by atoms with Crippen molar-refractivity contribution in [3.8, 4) is 12.1 Å². The number of allylic oxidation sites excluding steroid dienone is 4.